The standard InChI is InChI=1S/C30H35N3O3S2/c1-21(2)19-33(20-22(3)4)38(35,36)25-15-16-27-28(17-25)37-30(31-27)32-29(34)18-26(23-11-7-5-8-12-23)24-13-9-6-10-14-24/h5-17,21-22,26H,18-20H2,1-4H3,(H,31,32,34). The van der Waals surface area contributed by atoms with Gasteiger partial charge in [0.1, 0.15) is 0 Å². The number of rotatable bonds is 11. The highest BCUT2D eigenvalue weighted by atomic mass is 32.2. The minimum Gasteiger partial charge on any atom is -0.302 e. The van der Waals surface area contributed by atoms with Crippen LogP contribution in [0.1, 0.15) is 51.2 Å². The van der Waals surface area contributed by atoms with E-state index in [9.17, 15) is 13.2 Å². The Morgan fingerprint density at radius 2 is 1.42 bits per heavy atom. The lowest BCUT2D eigenvalue weighted by Gasteiger charge is -2.25. The molecule has 0 radical (unpaired) electrons. The number of aromatic nitrogens is 1. The molecule has 0 spiro atoms. The monoisotopic (exact) mass is 549 g/mol. The summed E-state index contributed by atoms with van der Waals surface area (Å²) in [6.07, 6.45) is 0.267. The molecule has 0 bridgehead atoms. The van der Waals surface area contributed by atoms with Crippen molar-refractivity contribution < 1.29 is 13.2 Å². The van der Waals surface area contributed by atoms with Gasteiger partial charge in [-0.05, 0) is 41.2 Å². The second-order valence-corrected chi connectivity index (χ2v) is 13.4. The van der Waals surface area contributed by atoms with Crippen LogP contribution in [0.25, 0.3) is 10.2 Å². The number of hydrogen-bond acceptors (Lipinski definition) is 5. The first-order valence-corrected chi connectivity index (χ1v) is 15.2. The van der Waals surface area contributed by atoms with E-state index in [0.717, 1.165) is 15.8 Å². The van der Waals surface area contributed by atoms with Crippen LogP contribution in [0, 0.1) is 11.8 Å². The lowest BCUT2D eigenvalue weighted by atomic mass is 9.88. The van der Waals surface area contributed by atoms with Gasteiger partial charge in [0.2, 0.25) is 15.9 Å². The molecule has 0 fully saturated rings. The van der Waals surface area contributed by atoms with Crippen LogP contribution in [-0.2, 0) is 14.8 Å². The maximum atomic E-state index is 13.5. The lowest BCUT2D eigenvalue weighted by molar-refractivity contribution is -0.116. The second kappa shape index (κ2) is 12.2. The van der Waals surface area contributed by atoms with Crippen LogP contribution in [0.15, 0.2) is 83.8 Å². The number of amides is 1. The fourth-order valence-corrected chi connectivity index (χ4v) is 7.30. The van der Waals surface area contributed by atoms with Gasteiger partial charge in [-0.1, -0.05) is 99.7 Å². The summed E-state index contributed by atoms with van der Waals surface area (Å²) in [5.41, 5.74) is 2.80. The predicted molar refractivity (Wildman–Crippen MR) is 156 cm³/mol. The second-order valence-electron chi connectivity index (χ2n) is 10.4. The zero-order valence-electron chi connectivity index (χ0n) is 22.3. The van der Waals surface area contributed by atoms with E-state index in [4.69, 9.17) is 0 Å². The van der Waals surface area contributed by atoms with E-state index in [-0.39, 0.29) is 35.0 Å². The summed E-state index contributed by atoms with van der Waals surface area (Å²) in [7, 11) is -3.65. The number of carbonyl (C=O) groups excluding carboxylic acids is 1. The fraction of sp³-hybridized carbons (Fsp3) is 0.333. The molecule has 6 nitrogen and oxygen atoms in total. The Balaban J connectivity index is 1.55. The Labute approximate surface area is 229 Å². The molecular weight excluding hydrogens is 514 g/mol. The molecule has 1 heterocycles. The average molecular weight is 550 g/mol. The number of fused-ring (bicyclic) bond motifs is 1. The van der Waals surface area contributed by atoms with Crippen molar-refractivity contribution in [1.29, 1.82) is 0 Å². The van der Waals surface area contributed by atoms with Crippen molar-refractivity contribution in [3.63, 3.8) is 0 Å². The average Bonchev–Trinajstić information content (AvgIpc) is 3.29. The molecule has 200 valence electrons. The number of anilines is 1. The normalized spacial score (nSPS) is 12.2. The van der Waals surface area contributed by atoms with Crippen molar-refractivity contribution in [2.75, 3.05) is 18.4 Å². The molecule has 38 heavy (non-hydrogen) atoms. The third-order valence-electron chi connectivity index (χ3n) is 6.18. The Morgan fingerprint density at radius 1 is 0.868 bits per heavy atom. The summed E-state index contributed by atoms with van der Waals surface area (Å²) in [5.74, 6) is 0.201. The third-order valence-corrected chi connectivity index (χ3v) is 8.94. The number of hydrogen-bond donors (Lipinski definition) is 1. The SMILES string of the molecule is CC(C)CN(CC(C)C)S(=O)(=O)c1ccc2nc(NC(=O)CC(c3ccccc3)c3ccccc3)sc2c1. The summed E-state index contributed by atoms with van der Waals surface area (Å²) < 4.78 is 29.2. The summed E-state index contributed by atoms with van der Waals surface area (Å²) in [5, 5.41) is 3.40. The first kappa shape index (κ1) is 28.0. The van der Waals surface area contributed by atoms with Crippen molar-refractivity contribution >= 4 is 42.6 Å². The van der Waals surface area contributed by atoms with Crippen LogP contribution in [0.4, 0.5) is 5.13 Å². The number of nitrogens with zero attached hydrogens (tertiary/aromatic N) is 2. The molecule has 4 rings (SSSR count). The van der Waals surface area contributed by atoms with Crippen LogP contribution in [0.3, 0.4) is 0 Å². The van der Waals surface area contributed by atoms with Gasteiger partial charge in [-0.15, -0.1) is 0 Å². The van der Waals surface area contributed by atoms with E-state index in [0.29, 0.717) is 23.7 Å². The Bertz CT molecular complexity index is 1420. The molecule has 8 heteroatoms. The Morgan fingerprint density at radius 3 is 1.95 bits per heavy atom. The summed E-state index contributed by atoms with van der Waals surface area (Å²) in [4.78, 5) is 17.9. The molecule has 0 saturated carbocycles. The lowest BCUT2D eigenvalue weighted by Crippen LogP contribution is -2.37. The van der Waals surface area contributed by atoms with Crippen molar-refractivity contribution in [3.8, 4) is 0 Å². The summed E-state index contributed by atoms with van der Waals surface area (Å²) in [6.45, 7) is 9.00. The van der Waals surface area contributed by atoms with Gasteiger partial charge in [0, 0.05) is 25.4 Å². The molecule has 0 saturated heterocycles. The molecule has 0 aliphatic heterocycles. The van der Waals surface area contributed by atoms with Gasteiger partial charge in [-0.2, -0.15) is 4.31 Å². The van der Waals surface area contributed by atoms with E-state index < -0.39 is 10.0 Å². The van der Waals surface area contributed by atoms with E-state index >= 15 is 0 Å². The molecule has 0 aliphatic carbocycles. The van der Waals surface area contributed by atoms with Crippen molar-refractivity contribution in [2.24, 2.45) is 11.8 Å². The first-order valence-electron chi connectivity index (χ1n) is 12.9. The molecule has 1 amide bonds. The molecular formula is C30H35N3O3S2. The number of benzene rings is 3. The van der Waals surface area contributed by atoms with Crippen LogP contribution >= 0.6 is 11.3 Å². The van der Waals surface area contributed by atoms with Gasteiger partial charge >= 0.3 is 0 Å². The van der Waals surface area contributed by atoms with E-state index in [1.165, 1.54) is 11.3 Å². The summed E-state index contributed by atoms with van der Waals surface area (Å²) >= 11 is 1.29. The van der Waals surface area contributed by atoms with E-state index in [1.54, 1.807) is 22.5 Å². The largest absolute Gasteiger partial charge is 0.302 e. The van der Waals surface area contributed by atoms with Gasteiger partial charge in [-0.3, -0.25) is 4.79 Å². The molecule has 0 aliphatic rings. The van der Waals surface area contributed by atoms with Crippen LogP contribution < -0.4 is 5.32 Å². The molecule has 1 N–H and O–H groups in total. The number of carbonyl (C=O) groups is 1. The first-order chi connectivity index (χ1) is 18.1. The summed E-state index contributed by atoms with van der Waals surface area (Å²) in [6, 6.07) is 25.0. The van der Waals surface area contributed by atoms with Crippen molar-refractivity contribution in [2.45, 2.75) is 44.9 Å². The number of sulfonamides is 1. The zero-order valence-corrected chi connectivity index (χ0v) is 23.9. The molecule has 0 unspecified atom stereocenters. The van der Waals surface area contributed by atoms with Crippen LogP contribution in [0.5, 0.6) is 0 Å². The predicted octanol–water partition coefficient (Wildman–Crippen LogP) is 6.76. The Hall–Kier alpha value is -3.07. The number of thiazole rings is 1. The smallest absolute Gasteiger partial charge is 0.243 e. The van der Waals surface area contributed by atoms with Crippen molar-refractivity contribution in [1.82, 2.24) is 9.29 Å². The third kappa shape index (κ3) is 6.87. The molecule has 3 aromatic carbocycles. The quantitative estimate of drug-likeness (QED) is 0.224. The van der Waals surface area contributed by atoms with Crippen LogP contribution in [0.2, 0.25) is 0 Å². The van der Waals surface area contributed by atoms with Gasteiger partial charge in [-0.25, -0.2) is 13.4 Å². The van der Waals surface area contributed by atoms with E-state index in [2.05, 4.69) is 10.3 Å². The minimum absolute atomic E-state index is 0.0866. The fourth-order valence-electron chi connectivity index (χ4n) is 4.51. The topological polar surface area (TPSA) is 79.4 Å². The number of nitrogens with one attached hydrogen (secondary N) is 1. The van der Waals surface area contributed by atoms with E-state index in [1.807, 2.05) is 88.4 Å². The van der Waals surface area contributed by atoms with Gasteiger partial charge in [0.25, 0.3) is 0 Å². The maximum Gasteiger partial charge on any atom is 0.243 e. The van der Waals surface area contributed by atoms with Gasteiger partial charge in [0.15, 0.2) is 5.13 Å². The Kier molecular flexibility index (Phi) is 8.97. The molecule has 4 aromatic rings. The van der Waals surface area contributed by atoms with Crippen molar-refractivity contribution in [3.05, 3.63) is 90.0 Å². The van der Waals surface area contributed by atoms with Crippen LogP contribution in [-0.4, -0.2) is 36.7 Å². The minimum atomic E-state index is -3.65. The highest BCUT2D eigenvalue weighted by Gasteiger charge is 2.27. The molecule has 0 atom stereocenters. The van der Waals surface area contributed by atoms with Gasteiger partial charge < -0.3 is 5.32 Å². The molecule has 1 aromatic heterocycles. The maximum absolute atomic E-state index is 13.5. The van der Waals surface area contributed by atoms with Gasteiger partial charge in [0.05, 0.1) is 15.1 Å². The zero-order chi connectivity index (χ0) is 27.3. The highest BCUT2D eigenvalue weighted by Crippen LogP contribution is 2.32. The highest BCUT2D eigenvalue weighted by molar-refractivity contribution is 7.89.